The summed E-state index contributed by atoms with van der Waals surface area (Å²) in [5.74, 6) is -0.822. The second-order valence-electron chi connectivity index (χ2n) is 12.3. The first-order valence-electron chi connectivity index (χ1n) is 15.2. The number of hydrogen-bond donors (Lipinski definition) is 4. The molecular formula is C30H34F3N7O5S2. The Kier molecular flexibility index (Phi) is 8.12. The Balaban J connectivity index is 1.22. The zero-order valence-corrected chi connectivity index (χ0v) is 27.0. The molecule has 2 aromatic heterocycles. The van der Waals surface area contributed by atoms with Crippen molar-refractivity contribution in [2.24, 2.45) is 5.73 Å². The Bertz CT molecular complexity index is 1730. The molecular weight excluding hydrogens is 660 g/mol. The number of benzene rings is 1. The third-order valence-corrected chi connectivity index (χ3v) is 12.2. The van der Waals surface area contributed by atoms with Crippen LogP contribution in [0.5, 0.6) is 0 Å². The molecule has 0 spiro atoms. The Morgan fingerprint density at radius 1 is 1.17 bits per heavy atom. The molecule has 5 N–H and O–H groups in total. The summed E-state index contributed by atoms with van der Waals surface area (Å²) in [5.41, 5.74) is 6.57. The summed E-state index contributed by atoms with van der Waals surface area (Å²) in [5, 5.41) is 3.11. The number of nitrogens with one attached hydrogen (secondary N) is 1. The number of halogens is 3. The lowest BCUT2D eigenvalue weighted by molar-refractivity contribution is -0.137. The van der Waals surface area contributed by atoms with Crippen LogP contribution in [0.15, 0.2) is 35.4 Å². The Morgan fingerprint density at radius 3 is 2.60 bits per heavy atom. The van der Waals surface area contributed by atoms with E-state index in [1.165, 1.54) is 11.0 Å². The average molecular weight is 694 g/mol. The molecule has 252 valence electrons. The number of hydrogen-bond acceptors (Lipinski definition) is 11. The minimum Gasteiger partial charge on any atom is -0.377 e. The van der Waals surface area contributed by atoms with Crippen LogP contribution in [0.25, 0.3) is 10.6 Å². The molecule has 0 bridgehead atoms. The second kappa shape index (κ2) is 11.9. The molecule has 2 saturated heterocycles. The summed E-state index contributed by atoms with van der Waals surface area (Å²) in [6.45, 7) is 2.53. The van der Waals surface area contributed by atoms with E-state index >= 15 is 0 Å². The van der Waals surface area contributed by atoms with E-state index < -0.39 is 45.9 Å². The lowest BCUT2D eigenvalue weighted by Gasteiger charge is -2.39. The second-order valence-corrected chi connectivity index (χ2v) is 15.6. The number of ether oxygens (including phenoxy) is 1. The molecule has 3 aromatic rings. The molecule has 1 unspecified atom stereocenters. The van der Waals surface area contributed by atoms with Gasteiger partial charge in [0.05, 0.1) is 40.5 Å². The largest absolute Gasteiger partial charge is 0.420 e. The van der Waals surface area contributed by atoms with E-state index in [0.717, 1.165) is 35.4 Å². The number of amides is 2. The van der Waals surface area contributed by atoms with Gasteiger partial charge >= 0.3 is 6.18 Å². The van der Waals surface area contributed by atoms with Crippen molar-refractivity contribution in [3.05, 3.63) is 46.5 Å². The number of likely N-dealkylation sites (N-methyl/N-ethyl adjacent to an activating group) is 1. The van der Waals surface area contributed by atoms with Crippen molar-refractivity contribution in [3.63, 3.8) is 0 Å². The normalized spacial score (nSPS) is 22.8. The summed E-state index contributed by atoms with van der Waals surface area (Å²) in [4.78, 5) is 39.2. The Hall–Kier alpha value is -3.48. The zero-order chi connectivity index (χ0) is 33.2. The first kappa shape index (κ1) is 32.1. The van der Waals surface area contributed by atoms with Crippen LogP contribution in [0.2, 0.25) is 0 Å². The van der Waals surface area contributed by atoms with Gasteiger partial charge < -0.3 is 25.6 Å². The monoisotopic (exact) mass is 693 g/mol. The van der Waals surface area contributed by atoms with E-state index in [1.807, 2.05) is 30.1 Å². The highest BCUT2D eigenvalue weighted by Gasteiger charge is 2.41. The van der Waals surface area contributed by atoms with Gasteiger partial charge in [0.1, 0.15) is 16.5 Å². The van der Waals surface area contributed by atoms with Gasteiger partial charge in [0.25, 0.3) is 5.91 Å². The highest BCUT2D eigenvalue weighted by Crippen LogP contribution is 2.56. The topological polar surface area (TPSA) is 157 Å². The number of carbonyl (C=O) groups is 2. The minimum atomic E-state index is -4.82. The van der Waals surface area contributed by atoms with Crippen LogP contribution in [0, 0.1) is 0 Å². The molecule has 12 nitrogen and oxygen atoms in total. The summed E-state index contributed by atoms with van der Waals surface area (Å²) >= 11 is 0.760. The number of alkyl halides is 3. The summed E-state index contributed by atoms with van der Waals surface area (Å²) in [7, 11) is -1.59. The van der Waals surface area contributed by atoms with Gasteiger partial charge in [-0.15, -0.1) is 11.3 Å². The van der Waals surface area contributed by atoms with Gasteiger partial charge in [-0.1, -0.05) is 0 Å². The van der Waals surface area contributed by atoms with Gasteiger partial charge in [-0.3, -0.25) is 23.6 Å². The molecule has 1 atom stereocenters. The van der Waals surface area contributed by atoms with Crippen LogP contribution < -0.4 is 16.0 Å². The number of nitrogens with two attached hydrogens (primary N) is 1. The first-order valence-corrected chi connectivity index (χ1v) is 17.7. The molecule has 1 saturated carbocycles. The predicted octanol–water partition coefficient (Wildman–Crippen LogP) is 4.41. The lowest BCUT2D eigenvalue weighted by atomic mass is 10.0. The van der Waals surface area contributed by atoms with Crippen LogP contribution in [-0.2, 0) is 15.7 Å². The van der Waals surface area contributed by atoms with Crippen molar-refractivity contribution in [2.75, 3.05) is 62.4 Å². The van der Waals surface area contributed by atoms with Crippen molar-refractivity contribution in [3.8, 4) is 10.6 Å². The van der Waals surface area contributed by atoms with Crippen molar-refractivity contribution < 1.29 is 36.6 Å². The highest BCUT2D eigenvalue weighted by atomic mass is 32.3. The highest BCUT2D eigenvalue weighted by molar-refractivity contribution is 8.24. The van der Waals surface area contributed by atoms with Gasteiger partial charge in [-0.25, -0.2) is 9.97 Å². The van der Waals surface area contributed by atoms with Crippen LogP contribution >= 0.6 is 21.9 Å². The molecule has 7 rings (SSSR count). The zero-order valence-electron chi connectivity index (χ0n) is 25.4. The number of primary amides is 1. The molecule has 2 amide bonds. The lowest BCUT2D eigenvalue weighted by Crippen LogP contribution is -2.56. The average Bonchev–Trinajstić information content (AvgIpc) is 3.75. The number of thiophene rings is 1. The van der Waals surface area contributed by atoms with Gasteiger partial charge in [-0.05, 0) is 55.6 Å². The fourth-order valence-corrected chi connectivity index (χ4v) is 9.14. The van der Waals surface area contributed by atoms with E-state index in [1.54, 1.807) is 0 Å². The van der Waals surface area contributed by atoms with Crippen molar-refractivity contribution in [1.29, 1.82) is 0 Å². The van der Waals surface area contributed by atoms with Crippen LogP contribution in [-0.4, -0.2) is 105 Å². The number of rotatable bonds is 7. The summed E-state index contributed by atoms with van der Waals surface area (Å²) < 4.78 is 69.9. The SMILES string of the molecule is CN1CCN(c2ccc(Nc3ncc(C(F)(F)F)c(-c4cc5c(s4)C(=O)N(C4COC4)CCS5(O)O)n3)c(C3CC3)c2)CC1C(N)=O. The summed E-state index contributed by atoms with van der Waals surface area (Å²) in [6, 6.07) is 6.33. The molecule has 0 radical (unpaired) electrons. The number of carbonyl (C=O) groups excluding carboxylic acids is 2. The van der Waals surface area contributed by atoms with Gasteiger partial charge in [0, 0.05) is 43.8 Å². The molecule has 5 heterocycles. The van der Waals surface area contributed by atoms with E-state index in [0.29, 0.717) is 44.7 Å². The van der Waals surface area contributed by atoms with Crippen molar-refractivity contribution in [1.82, 2.24) is 19.8 Å². The minimum absolute atomic E-state index is 0.0141. The van der Waals surface area contributed by atoms with E-state index in [4.69, 9.17) is 10.5 Å². The predicted molar refractivity (Wildman–Crippen MR) is 171 cm³/mol. The molecule has 1 aliphatic carbocycles. The van der Waals surface area contributed by atoms with E-state index in [9.17, 15) is 31.9 Å². The standard InChI is InChI=1S/C30H34F3N7O5S2/c1-38-6-7-39(13-22(38)27(34)41)17-4-5-21(19(10-17)16-2-3-16)36-29-35-12-20(30(31,32)33)25(37-29)23-11-24-26(46-23)28(42)40(18-14-45-15-18)8-9-47(24,43)44/h4-5,10-12,16,18,22,43-44H,2-3,6-9,13-15H2,1H3,(H2,34,41)(H,35,36,37). The maximum Gasteiger partial charge on any atom is 0.420 e. The van der Waals surface area contributed by atoms with Gasteiger partial charge in [0.2, 0.25) is 11.9 Å². The maximum absolute atomic E-state index is 14.3. The molecule has 3 fully saturated rings. The quantitative estimate of drug-likeness (QED) is 0.280. The molecule has 3 aliphatic heterocycles. The fraction of sp³-hybridized carbons (Fsp3) is 0.467. The van der Waals surface area contributed by atoms with Gasteiger partial charge in [0.15, 0.2) is 0 Å². The van der Waals surface area contributed by atoms with Crippen molar-refractivity contribution in [2.45, 2.75) is 41.9 Å². The smallest absolute Gasteiger partial charge is 0.377 e. The maximum atomic E-state index is 14.3. The third kappa shape index (κ3) is 6.15. The van der Waals surface area contributed by atoms with E-state index in [2.05, 4.69) is 20.2 Å². The number of nitrogens with zero attached hydrogens (tertiary/aromatic N) is 5. The molecule has 1 aromatic carbocycles. The first-order chi connectivity index (χ1) is 22.3. The van der Waals surface area contributed by atoms with E-state index in [-0.39, 0.29) is 44.9 Å². The van der Waals surface area contributed by atoms with Crippen LogP contribution in [0.1, 0.15) is 39.6 Å². The third-order valence-electron chi connectivity index (χ3n) is 9.15. The van der Waals surface area contributed by atoms with Crippen molar-refractivity contribution >= 4 is 51.1 Å². The Morgan fingerprint density at radius 2 is 1.94 bits per heavy atom. The fourth-order valence-electron chi connectivity index (χ4n) is 6.17. The molecule has 17 heteroatoms. The number of fused-ring (bicyclic) bond motifs is 1. The Labute approximate surface area is 274 Å². The molecule has 4 aliphatic rings. The van der Waals surface area contributed by atoms with Crippen LogP contribution in [0.4, 0.5) is 30.5 Å². The number of piperazine rings is 1. The van der Waals surface area contributed by atoms with Crippen LogP contribution in [0.3, 0.4) is 0 Å². The number of aromatic nitrogens is 2. The van der Waals surface area contributed by atoms with Gasteiger partial charge in [-0.2, -0.15) is 23.8 Å². The molecule has 47 heavy (non-hydrogen) atoms. The number of anilines is 3. The summed E-state index contributed by atoms with van der Waals surface area (Å²) in [6.07, 6.45) is -2.21.